The summed E-state index contributed by atoms with van der Waals surface area (Å²) >= 11 is 0. The first-order valence-corrected chi connectivity index (χ1v) is 9.19. The lowest BCUT2D eigenvalue weighted by molar-refractivity contribution is 0.0855. The normalized spacial score (nSPS) is 17.8. The summed E-state index contributed by atoms with van der Waals surface area (Å²) in [5.41, 5.74) is 0.689. The van der Waals surface area contributed by atoms with Crippen molar-refractivity contribution in [2.24, 2.45) is 0 Å². The highest BCUT2D eigenvalue weighted by Crippen LogP contribution is 2.25. The Morgan fingerprint density at radius 3 is 2.78 bits per heavy atom. The standard InChI is InChI=1S/C15H22N2O5S/c1-17(23(3,19)20)11-6-7-14(21-2)13(9-11)15(18)16-10-12-5-4-8-22-12/h6-7,9,12H,4-5,8,10H2,1-3H3,(H,16,18)/t12-/m0/s1. The summed E-state index contributed by atoms with van der Waals surface area (Å²) in [6, 6.07) is 4.68. The topological polar surface area (TPSA) is 84.9 Å². The van der Waals surface area contributed by atoms with Gasteiger partial charge >= 0.3 is 0 Å². The van der Waals surface area contributed by atoms with E-state index in [4.69, 9.17) is 9.47 Å². The third kappa shape index (κ3) is 4.35. The van der Waals surface area contributed by atoms with E-state index in [1.165, 1.54) is 20.2 Å². The lowest BCUT2D eigenvalue weighted by atomic mass is 10.1. The number of hydrogen-bond donors (Lipinski definition) is 1. The molecule has 0 aromatic heterocycles. The average Bonchev–Trinajstić information content (AvgIpc) is 3.03. The Labute approximate surface area is 136 Å². The summed E-state index contributed by atoms with van der Waals surface area (Å²) in [7, 11) is -0.502. The van der Waals surface area contributed by atoms with Gasteiger partial charge in [-0.25, -0.2) is 8.42 Å². The quantitative estimate of drug-likeness (QED) is 0.834. The fraction of sp³-hybridized carbons (Fsp3) is 0.533. The maximum Gasteiger partial charge on any atom is 0.255 e. The fourth-order valence-electron chi connectivity index (χ4n) is 2.37. The molecule has 0 saturated carbocycles. The van der Waals surface area contributed by atoms with Crippen molar-refractivity contribution >= 4 is 21.6 Å². The van der Waals surface area contributed by atoms with Crippen molar-refractivity contribution in [2.75, 3.05) is 37.9 Å². The number of benzene rings is 1. The van der Waals surface area contributed by atoms with Gasteiger partial charge < -0.3 is 14.8 Å². The predicted molar refractivity (Wildman–Crippen MR) is 87.5 cm³/mol. The van der Waals surface area contributed by atoms with Gasteiger partial charge in [0.1, 0.15) is 5.75 Å². The molecule has 1 atom stereocenters. The molecule has 0 aliphatic carbocycles. The average molecular weight is 342 g/mol. The largest absolute Gasteiger partial charge is 0.496 e. The molecule has 1 amide bonds. The van der Waals surface area contributed by atoms with Gasteiger partial charge in [-0.1, -0.05) is 0 Å². The van der Waals surface area contributed by atoms with Crippen LogP contribution in [-0.4, -0.2) is 54.0 Å². The third-order valence-electron chi connectivity index (χ3n) is 3.80. The Morgan fingerprint density at radius 2 is 2.22 bits per heavy atom. The lowest BCUT2D eigenvalue weighted by Gasteiger charge is -2.19. The van der Waals surface area contributed by atoms with Gasteiger partial charge in [0.15, 0.2) is 0 Å². The van der Waals surface area contributed by atoms with Gasteiger partial charge in [0.2, 0.25) is 10.0 Å². The molecule has 0 spiro atoms. The molecule has 1 N–H and O–H groups in total. The molecule has 0 bridgehead atoms. The third-order valence-corrected chi connectivity index (χ3v) is 5.01. The molecule has 2 rings (SSSR count). The van der Waals surface area contributed by atoms with E-state index in [2.05, 4.69) is 5.32 Å². The highest BCUT2D eigenvalue weighted by molar-refractivity contribution is 7.92. The van der Waals surface area contributed by atoms with Gasteiger partial charge in [-0.15, -0.1) is 0 Å². The van der Waals surface area contributed by atoms with E-state index < -0.39 is 10.0 Å². The Bertz CT molecular complexity index is 668. The minimum absolute atomic E-state index is 0.0341. The smallest absolute Gasteiger partial charge is 0.255 e. The van der Waals surface area contributed by atoms with E-state index in [0.29, 0.717) is 23.5 Å². The van der Waals surface area contributed by atoms with Crippen molar-refractivity contribution < 1.29 is 22.7 Å². The zero-order valence-corrected chi connectivity index (χ0v) is 14.4. The number of nitrogens with one attached hydrogen (secondary N) is 1. The zero-order chi connectivity index (χ0) is 17.0. The van der Waals surface area contributed by atoms with Crippen LogP contribution in [0.5, 0.6) is 5.75 Å². The number of hydrogen-bond acceptors (Lipinski definition) is 5. The summed E-state index contributed by atoms with van der Waals surface area (Å²) in [6.07, 6.45) is 3.06. The van der Waals surface area contributed by atoms with Crippen LogP contribution < -0.4 is 14.4 Å². The van der Waals surface area contributed by atoms with Crippen molar-refractivity contribution in [2.45, 2.75) is 18.9 Å². The fourth-order valence-corrected chi connectivity index (χ4v) is 2.86. The van der Waals surface area contributed by atoms with Crippen LogP contribution in [-0.2, 0) is 14.8 Å². The first kappa shape index (κ1) is 17.6. The van der Waals surface area contributed by atoms with Gasteiger partial charge in [0, 0.05) is 20.2 Å². The van der Waals surface area contributed by atoms with E-state index in [1.807, 2.05) is 0 Å². The molecule has 1 aromatic carbocycles. The van der Waals surface area contributed by atoms with Crippen molar-refractivity contribution in [1.82, 2.24) is 5.32 Å². The molecule has 1 heterocycles. The van der Waals surface area contributed by atoms with Crippen LogP contribution in [0, 0.1) is 0 Å². The number of nitrogens with zero attached hydrogens (tertiary/aromatic N) is 1. The van der Waals surface area contributed by atoms with Crippen LogP contribution in [0.3, 0.4) is 0 Å². The molecule has 0 unspecified atom stereocenters. The van der Waals surface area contributed by atoms with Gasteiger partial charge in [-0.3, -0.25) is 9.10 Å². The van der Waals surface area contributed by atoms with Crippen LogP contribution in [0.15, 0.2) is 18.2 Å². The summed E-state index contributed by atoms with van der Waals surface area (Å²) in [5.74, 6) is 0.0709. The van der Waals surface area contributed by atoms with Gasteiger partial charge in [0.05, 0.1) is 30.7 Å². The van der Waals surface area contributed by atoms with Crippen molar-refractivity contribution in [1.29, 1.82) is 0 Å². The second-order valence-electron chi connectivity index (χ2n) is 5.46. The molecule has 1 aliphatic rings. The molecule has 128 valence electrons. The van der Waals surface area contributed by atoms with Crippen molar-refractivity contribution in [3.63, 3.8) is 0 Å². The molecule has 1 aliphatic heterocycles. The van der Waals surface area contributed by atoms with Gasteiger partial charge in [-0.2, -0.15) is 0 Å². The number of rotatable bonds is 6. The van der Waals surface area contributed by atoms with Crippen molar-refractivity contribution in [3.05, 3.63) is 23.8 Å². The molecule has 1 fully saturated rings. The lowest BCUT2D eigenvalue weighted by Crippen LogP contribution is -2.32. The van der Waals surface area contributed by atoms with E-state index in [9.17, 15) is 13.2 Å². The number of sulfonamides is 1. The van der Waals surface area contributed by atoms with E-state index in [1.54, 1.807) is 12.1 Å². The minimum atomic E-state index is -3.40. The summed E-state index contributed by atoms with van der Waals surface area (Å²) in [4.78, 5) is 12.4. The number of ether oxygens (including phenoxy) is 2. The summed E-state index contributed by atoms with van der Waals surface area (Å²) in [6.45, 7) is 1.15. The van der Waals surface area contributed by atoms with Crippen LogP contribution in [0.4, 0.5) is 5.69 Å². The molecular weight excluding hydrogens is 320 g/mol. The first-order valence-electron chi connectivity index (χ1n) is 7.34. The molecular formula is C15H22N2O5S. The maximum absolute atomic E-state index is 12.4. The number of carbonyl (C=O) groups is 1. The Hall–Kier alpha value is -1.80. The Balaban J connectivity index is 2.19. The number of methoxy groups -OCH3 is 1. The number of carbonyl (C=O) groups excluding carboxylic acids is 1. The van der Waals surface area contributed by atoms with Gasteiger partial charge in [0.25, 0.3) is 5.91 Å². The second-order valence-corrected chi connectivity index (χ2v) is 7.47. The SMILES string of the molecule is COc1ccc(N(C)S(C)(=O)=O)cc1C(=O)NC[C@@H]1CCCO1. The Kier molecular flexibility index (Phi) is 5.48. The highest BCUT2D eigenvalue weighted by atomic mass is 32.2. The van der Waals surface area contributed by atoms with Crippen molar-refractivity contribution in [3.8, 4) is 5.75 Å². The van der Waals surface area contributed by atoms with Gasteiger partial charge in [-0.05, 0) is 31.0 Å². The molecule has 23 heavy (non-hydrogen) atoms. The Morgan fingerprint density at radius 1 is 1.48 bits per heavy atom. The molecule has 1 aromatic rings. The van der Waals surface area contributed by atoms with E-state index in [-0.39, 0.29) is 12.0 Å². The maximum atomic E-state index is 12.4. The monoisotopic (exact) mass is 342 g/mol. The zero-order valence-electron chi connectivity index (χ0n) is 13.5. The second kappa shape index (κ2) is 7.18. The van der Waals surface area contributed by atoms with Crippen LogP contribution in [0.1, 0.15) is 23.2 Å². The summed E-state index contributed by atoms with van der Waals surface area (Å²) < 4.78 is 35.1. The summed E-state index contributed by atoms with van der Waals surface area (Å²) in [5, 5.41) is 2.81. The minimum Gasteiger partial charge on any atom is -0.496 e. The van der Waals surface area contributed by atoms with E-state index >= 15 is 0 Å². The molecule has 1 saturated heterocycles. The molecule has 7 nitrogen and oxygen atoms in total. The highest BCUT2D eigenvalue weighted by Gasteiger charge is 2.20. The van der Waals surface area contributed by atoms with E-state index in [0.717, 1.165) is 30.0 Å². The predicted octanol–water partition coefficient (Wildman–Crippen LogP) is 1.000. The molecule has 0 radical (unpaired) electrons. The van der Waals surface area contributed by atoms with Crippen LogP contribution in [0.2, 0.25) is 0 Å². The van der Waals surface area contributed by atoms with Crippen LogP contribution >= 0.6 is 0 Å². The number of amides is 1. The number of anilines is 1. The van der Waals surface area contributed by atoms with Crippen LogP contribution in [0.25, 0.3) is 0 Å². The molecule has 8 heteroatoms. The first-order chi connectivity index (χ1) is 10.8.